The van der Waals surface area contributed by atoms with Gasteiger partial charge in [-0.25, -0.2) is 4.98 Å². The molecule has 0 saturated carbocycles. The first-order chi connectivity index (χ1) is 12.2. The van der Waals surface area contributed by atoms with Crippen LogP contribution < -0.4 is 10.9 Å². The number of nitrogens with zero attached hydrogens (tertiary/aromatic N) is 3. The second kappa shape index (κ2) is 6.24. The van der Waals surface area contributed by atoms with Crippen molar-refractivity contribution in [2.75, 3.05) is 0 Å². The molecule has 25 heavy (non-hydrogen) atoms. The molecule has 6 heteroatoms. The third-order valence-electron chi connectivity index (χ3n) is 4.13. The van der Waals surface area contributed by atoms with Crippen LogP contribution in [0.25, 0.3) is 16.7 Å². The molecule has 0 bridgehead atoms. The van der Waals surface area contributed by atoms with E-state index in [-0.39, 0.29) is 18.0 Å². The van der Waals surface area contributed by atoms with Crippen LogP contribution in [0.1, 0.15) is 5.56 Å². The molecule has 0 aliphatic carbocycles. The van der Waals surface area contributed by atoms with Crippen LogP contribution in [0.2, 0.25) is 0 Å². The minimum Gasteiger partial charge on any atom is -0.350 e. The van der Waals surface area contributed by atoms with E-state index < -0.39 is 0 Å². The van der Waals surface area contributed by atoms with E-state index in [9.17, 15) is 9.59 Å². The highest BCUT2D eigenvalue weighted by Crippen LogP contribution is 2.12. The molecule has 1 amide bonds. The van der Waals surface area contributed by atoms with Gasteiger partial charge in [-0.15, -0.1) is 0 Å². The molecular formula is C19H16N4O2. The van der Waals surface area contributed by atoms with Crippen LogP contribution in [-0.2, 0) is 17.9 Å². The van der Waals surface area contributed by atoms with Gasteiger partial charge in [0.25, 0.3) is 5.56 Å². The number of hydrogen-bond acceptors (Lipinski definition) is 3. The lowest BCUT2D eigenvalue weighted by atomic mass is 10.2. The Morgan fingerprint density at radius 2 is 1.80 bits per heavy atom. The van der Waals surface area contributed by atoms with Crippen LogP contribution in [0.15, 0.2) is 71.8 Å². The lowest BCUT2D eigenvalue weighted by Crippen LogP contribution is -2.33. The highest BCUT2D eigenvalue weighted by Gasteiger charge is 2.13. The van der Waals surface area contributed by atoms with Gasteiger partial charge in [0.05, 0.1) is 5.52 Å². The summed E-state index contributed by atoms with van der Waals surface area (Å²) in [4.78, 5) is 29.4. The first-order valence-electron chi connectivity index (χ1n) is 7.99. The van der Waals surface area contributed by atoms with Crippen LogP contribution in [-0.4, -0.2) is 19.9 Å². The van der Waals surface area contributed by atoms with E-state index in [0.717, 1.165) is 11.1 Å². The molecule has 0 fully saturated rings. The Hall–Kier alpha value is -3.41. The van der Waals surface area contributed by atoms with Crippen molar-refractivity contribution in [3.63, 3.8) is 0 Å². The summed E-state index contributed by atoms with van der Waals surface area (Å²) >= 11 is 0. The minimum atomic E-state index is -0.230. The van der Waals surface area contributed by atoms with Crippen molar-refractivity contribution in [2.45, 2.75) is 13.1 Å². The summed E-state index contributed by atoms with van der Waals surface area (Å²) < 4.78 is 3.22. The van der Waals surface area contributed by atoms with Crippen molar-refractivity contribution in [3.8, 4) is 0 Å². The molecule has 0 unspecified atom stereocenters. The third-order valence-corrected chi connectivity index (χ3v) is 4.13. The maximum absolute atomic E-state index is 12.7. The molecule has 3 aromatic heterocycles. The highest BCUT2D eigenvalue weighted by molar-refractivity contribution is 5.80. The second-order valence-corrected chi connectivity index (χ2v) is 5.76. The second-order valence-electron chi connectivity index (χ2n) is 5.76. The monoisotopic (exact) mass is 332 g/mol. The van der Waals surface area contributed by atoms with E-state index in [1.165, 1.54) is 4.57 Å². The Morgan fingerprint density at radius 1 is 1.00 bits per heavy atom. The van der Waals surface area contributed by atoms with E-state index in [1.807, 2.05) is 54.7 Å². The van der Waals surface area contributed by atoms with Crippen LogP contribution in [0.3, 0.4) is 0 Å². The van der Waals surface area contributed by atoms with E-state index in [2.05, 4.69) is 10.3 Å². The zero-order chi connectivity index (χ0) is 17.2. The van der Waals surface area contributed by atoms with Crippen molar-refractivity contribution < 1.29 is 4.79 Å². The first-order valence-corrected chi connectivity index (χ1v) is 7.99. The SMILES string of the molecule is O=C(Cn1c(=O)c2cccn2c2cccnc21)NCc1ccccc1. The summed E-state index contributed by atoms with van der Waals surface area (Å²) in [5.41, 5.74) is 2.58. The molecular weight excluding hydrogens is 316 g/mol. The predicted octanol–water partition coefficient (Wildman–Crippen LogP) is 1.97. The van der Waals surface area contributed by atoms with Gasteiger partial charge in [-0.05, 0) is 29.8 Å². The van der Waals surface area contributed by atoms with Crippen molar-refractivity contribution in [1.82, 2.24) is 19.3 Å². The van der Waals surface area contributed by atoms with Gasteiger partial charge in [0.15, 0.2) is 5.65 Å². The summed E-state index contributed by atoms with van der Waals surface area (Å²) in [6, 6.07) is 16.9. The Bertz CT molecular complexity index is 1110. The molecule has 0 saturated heterocycles. The summed E-state index contributed by atoms with van der Waals surface area (Å²) in [5, 5.41) is 2.85. The Labute approximate surface area is 143 Å². The average Bonchev–Trinajstić information content (AvgIpc) is 3.14. The van der Waals surface area contributed by atoms with E-state index >= 15 is 0 Å². The van der Waals surface area contributed by atoms with Crippen LogP contribution in [0, 0.1) is 0 Å². The predicted molar refractivity (Wildman–Crippen MR) is 95.2 cm³/mol. The lowest BCUT2D eigenvalue weighted by Gasteiger charge is -2.12. The topological polar surface area (TPSA) is 68.4 Å². The van der Waals surface area contributed by atoms with Gasteiger partial charge in [-0.2, -0.15) is 0 Å². The molecule has 0 spiro atoms. The fourth-order valence-corrected chi connectivity index (χ4v) is 2.93. The van der Waals surface area contributed by atoms with Crippen LogP contribution in [0.5, 0.6) is 0 Å². The number of amides is 1. The molecule has 0 atom stereocenters. The van der Waals surface area contributed by atoms with Crippen molar-refractivity contribution >= 4 is 22.6 Å². The van der Waals surface area contributed by atoms with Crippen molar-refractivity contribution in [3.05, 3.63) is 82.9 Å². The zero-order valence-electron chi connectivity index (χ0n) is 13.4. The van der Waals surface area contributed by atoms with Crippen LogP contribution >= 0.6 is 0 Å². The number of benzene rings is 1. The molecule has 1 aromatic carbocycles. The van der Waals surface area contributed by atoms with Gasteiger partial charge in [0.2, 0.25) is 5.91 Å². The lowest BCUT2D eigenvalue weighted by molar-refractivity contribution is -0.121. The highest BCUT2D eigenvalue weighted by atomic mass is 16.2. The van der Waals surface area contributed by atoms with Crippen molar-refractivity contribution in [1.29, 1.82) is 0 Å². The van der Waals surface area contributed by atoms with E-state index in [4.69, 9.17) is 0 Å². The van der Waals surface area contributed by atoms with Gasteiger partial charge in [-0.3, -0.25) is 14.2 Å². The Kier molecular flexibility index (Phi) is 3.78. The van der Waals surface area contributed by atoms with E-state index in [1.54, 1.807) is 16.7 Å². The van der Waals surface area contributed by atoms with Gasteiger partial charge in [-0.1, -0.05) is 30.3 Å². The number of carbonyl (C=O) groups excluding carboxylic acids is 1. The molecule has 6 nitrogen and oxygen atoms in total. The molecule has 0 aliphatic rings. The summed E-state index contributed by atoms with van der Waals surface area (Å²) in [6.07, 6.45) is 3.44. The Morgan fingerprint density at radius 3 is 2.64 bits per heavy atom. The van der Waals surface area contributed by atoms with E-state index in [0.29, 0.717) is 17.7 Å². The van der Waals surface area contributed by atoms with Gasteiger partial charge in [0, 0.05) is 18.9 Å². The quantitative estimate of drug-likeness (QED) is 0.621. The number of fused-ring (bicyclic) bond motifs is 3. The molecule has 0 aliphatic heterocycles. The fourth-order valence-electron chi connectivity index (χ4n) is 2.93. The average molecular weight is 332 g/mol. The zero-order valence-corrected chi connectivity index (χ0v) is 13.4. The molecule has 4 rings (SSSR count). The maximum atomic E-state index is 12.7. The number of aromatic nitrogens is 3. The van der Waals surface area contributed by atoms with Crippen LogP contribution in [0.4, 0.5) is 0 Å². The van der Waals surface area contributed by atoms with Gasteiger partial charge < -0.3 is 9.72 Å². The summed E-state index contributed by atoms with van der Waals surface area (Å²) in [5.74, 6) is -0.228. The normalized spacial score (nSPS) is 11.0. The number of carbonyl (C=O) groups is 1. The van der Waals surface area contributed by atoms with Gasteiger partial charge in [0.1, 0.15) is 12.1 Å². The third kappa shape index (κ3) is 2.78. The molecule has 1 N–H and O–H groups in total. The largest absolute Gasteiger partial charge is 0.350 e. The fraction of sp³-hybridized carbons (Fsp3) is 0.105. The van der Waals surface area contributed by atoms with Crippen molar-refractivity contribution in [2.24, 2.45) is 0 Å². The standard InChI is InChI=1S/C19H16N4O2/c24-17(21-12-14-6-2-1-3-7-14)13-23-18-15(8-4-10-20-18)22-11-5-9-16(22)19(23)25/h1-11H,12-13H2,(H,21,24). The smallest absolute Gasteiger partial charge is 0.276 e. The number of rotatable bonds is 4. The number of nitrogens with one attached hydrogen (secondary N) is 1. The molecule has 3 heterocycles. The van der Waals surface area contributed by atoms with Gasteiger partial charge >= 0.3 is 0 Å². The summed E-state index contributed by atoms with van der Waals surface area (Å²) in [7, 11) is 0. The maximum Gasteiger partial charge on any atom is 0.276 e. The number of hydrogen-bond donors (Lipinski definition) is 1. The Balaban J connectivity index is 1.67. The first kappa shape index (κ1) is 15.1. The molecule has 4 aromatic rings. The number of pyridine rings is 1. The summed E-state index contributed by atoms with van der Waals surface area (Å²) in [6.45, 7) is 0.355. The molecule has 0 radical (unpaired) electrons. The minimum absolute atomic E-state index is 0.0686. The molecule has 124 valence electrons.